The average molecular weight is 283 g/mol. The van der Waals surface area contributed by atoms with E-state index >= 15 is 0 Å². The van der Waals surface area contributed by atoms with Crippen LogP contribution in [0.5, 0.6) is 0 Å². The van der Waals surface area contributed by atoms with Crippen molar-refractivity contribution >= 4 is 23.5 Å². The number of carbonyl (C=O) groups excluding carboxylic acids is 1. The zero-order valence-electron chi connectivity index (χ0n) is 10.4. The first kappa shape index (κ1) is 12.5. The Balaban J connectivity index is 1.89. The normalized spacial score (nSPS) is 22.8. The minimum Gasteiger partial charge on any atom is -0.480 e. The van der Waals surface area contributed by atoms with Crippen molar-refractivity contribution in [2.24, 2.45) is 0 Å². The predicted octanol–water partition coefficient (Wildman–Crippen LogP) is 2.17. The molecule has 1 saturated heterocycles. The molecule has 19 heavy (non-hydrogen) atoms. The molecule has 1 aliphatic carbocycles. The van der Waals surface area contributed by atoms with Gasteiger partial charge in [0, 0.05) is 18.8 Å². The summed E-state index contributed by atoms with van der Waals surface area (Å²) >= 11 is 5.98. The second-order valence-corrected chi connectivity index (χ2v) is 5.61. The van der Waals surface area contributed by atoms with Crippen molar-refractivity contribution in [3.63, 3.8) is 0 Å². The minimum absolute atomic E-state index is 0.219. The Morgan fingerprint density at radius 3 is 2.68 bits per heavy atom. The maximum Gasteiger partial charge on any atom is 0.326 e. The summed E-state index contributed by atoms with van der Waals surface area (Å²) in [5.41, 5.74) is 0.514. The number of aliphatic carboxylic acids is 1. The van der Waals surface area contributed by atoms with Gasteiger partial charge in [0.05, 0.1) is 5.02 Å². The number of amides is 1. The van der Waals surface area contributed by atoms with Gasteiger partial charge in [0.25, 0.3) is 5.91 Å². The first-order chi connectivity index (χ1) is 9.08. The van der Waals surface area contributed by atoms with Crippen molar-refractivity contribution in [3.05, 3.63) is 23.0 Å². The molecular weight excluding hydrogens is 268 g/mol. The van der Waals surface area contributed by atoms with Gasteiger partial charge in [-0.1, -0.05) is 11.6 Å². The number of carbonyl (C=O) groups is 2. The number of nitrogens with zero attached hydrogens (tertiary/aromatic N) is 2. The van der Waals surface area contributed by atoms with Gasteiger partial charge < -0.3 is 14.6 Å². The van der Waals surface area contributed by atoms with E-state index in [0.29, 0.717) is 29.7 Å². The molecule has 1 atom stereocenters. The van der Waals surface area contributed by atoms with Gasteiger partial charge >= 0.3 is 5.97 Å². The number of carboxylic acids is 1. The van der Waals surface area contributed by atoms with Crippen LogP contribution in [0.15, 0.2) is 12.3 Å². The predicted molar refractivity (Wildman–Crippen MR) is 69.4 cm³/mol. The van der Waals surface area contributed by atoms with E-state index in [9.17, 15) is 9.59 Å². The van der Waals surface area contributed by atoms with Gasteiger partial charge in [0.15, 0.2) is 0 Å². The van der Waals surface area contributed by atoms with Crippen molar-refractivity contribution in [1.82, 2.24) is 9.47 Å². The molecule has 1 N–H and O–H groups in total. The van der Waals surface area contributed by atoms with Crippen LogP contribution in [0.3, 0.4) is 0 Å². The fraction of sp³-hybridized carbons (Fsp3) is 0.538. The van der Waals surface area contributed by atoms with Crippen molar-refractivity contribution in [1.29, 1.82) is 0 Å². The highest BCUT2D eigenvalue weighted by atomic mass is 35.5. The Hall–Kier alpha value is -1.49. The maximum atomic E-state index is 12.5. The molecule has 1 aromatic rings. The quantitative estimate of drug-likeness (QED) is 0.924. The minimum atomic E-state index is -0.929. The third-order valence-corrected chi connectivity index (χ3v) is 3.98. The highest BCUT2D eigenvalue weighted by molar-refractivity contribution is 6.31. The molecule has 2 aliphatic rings. The van der Waals surface area contributed by atoms with E-state index < -0.39 is 12.0 Å². The number of hydrogen-bond acceptors (Lipinski definition) is 2. The van der Waals surface area contributed by atoms with Crippen LogP contribution in [0.25, 0.3) is 0 Å². The van der Waals surface area contributed by atoms with E-state index in [2.05, 4.69) is 0 Å². The van der Waals surface area contributed by atoms with Crippen LogP contribution in [0.1, 0.15) is 42.2 Å². The van der Waals surface area contributed by atoms with Crippen molar-refractivity contribution < 1.29 is 14.7 Å². The van der Waals surface area contributed by atoms with E-state index in [0.717, 1.165) is 19.3 Å². The lowest BCUT2D eigenvalue weighted by Crippen LogP contribution is -2.41. The van der Waals surface area contributed by atoms with E-state index in [1.165, 1.54) is 4.90 Å². The molecule has 0 spiro atoms. The third-order valence-electron chi connectivity index (χ3n) is 3.77. The zero-order chi connectivity index (χ0) is 13.6. The largest absolute Gasteiger partial charge is 0.480 e. The molecule has 0 bridgehead atoms. The standard InChI is InChI=1S/C13H15ClN2O3/c14-8-6-11(16(7-8)9-3-4-9)12(17)15-5-1-2-10(15)13(18)19/h6-7,9-10H,1-5H2,(H,18,19)/t10-/m1/s1. The fourth-order valence-electron chi connectivity index (χ4n) is 2.69. The van der Waals surface area contributed by atoms with E-state index in [-0.39, 0.29) is 5.91 Å². The first-order valence-electron chi connectivity index (χ1n) is 6.49. The van der Waals surface area contributed by atoms with Gasteiger partial charge in [-0.2, -0.15) is 0 Å². The van der Waals surface area contributed by atoms with Gasteiger partial charge in [0.1, 0.15) is 11.7 Å². The van der Waals surface area contributed by atoms with Gasteiger partial charge in [-0.15, -0.1) is 0 Å². The Bertz CT molecular complexity index is 536. The number of carboxylic acid groups (broad SMARTS) is 1. The highest BCUT2D eigenvalue weighted by Crippen LogP contribution is 2.38. The number of hydrogen-bond donors (Lipinski definition) is 1. The summed E-state index contributed by atoms with van der Waals surface area (Å²) in [5.74, 6) is -1.15. The van der Waals surface area contributed by atoms with Crippen molar-refractivity contribution in [2.75, 3.05) is 6.54 Å². The Kier molecular flexibility index (Phi) is 3.01. The molecule has 5 nitrogen and oxygen atoms in total. The summed E-state index contributed by atoms with van der Waals surface area (Å²) in [6.07, 6.45) is 5.12. The first-order valence-corrected chi connectivity index (χ1v) is 6.87. The molecule has 0 aromatic carbocycles. The molecular formula is C13H15ClN2O3. The molecule has 2 fully saturated rings. The molecule has 102 valence electrons. The molecule has 1 saturated carbocycles. The van der Waals surface area contributed by atoms with Crippen LogP contribution in [0, 0.1) is 0 Å². The van der Waals surface area contributed by atoms with E-state index in [1.54, 1.807) is 12.3 Å². The molecule has 6 heteroatoms. The van der Waals surface area contributed by atoms with E-state index in [4.69, 9.17) is 16.7 Å². The van der Waals surface area contributed by atoms with Gasteiger partial charge in [-0.05, 0) is 31.7 Å². The summed E-state index contributed by atoms with van der Waals surface area (Å²) in [7, 11) is 0. The summed E-state index contributed by atoms with van der Waals surface area (Å²) in [5, 5.41) is 9.68. The van der Waals surface area contributed by atoms with Gasteiger partial charge in [-0.3, -0.25) is 4.79 Å². The van der Waals surface area contributed by atoms with E-state index in [1.807, 2.05) is 4.57 Å². The van der Waals surface area contributed by atoms with Crippen LogP contribution >= 0.6 is 11.6 Å². The zero-order valence-corrected chi connectivity index (χ0v) is 11.1. The van der Waals surface area contributed by atoms with Gasteiger partial charge in [-0.25, -0.2) is 4.79 Å². The van der Waals surface area contributed by atoms with Crippen molar-refractivity contribution in [2.45, 2.75) is 37.8 Å². The average Bonchev–Trinajstić information content (AvgIpc) is 2.95. The molecule has 0 radical (unpaired) electrons. The van der Waals surface area contributed by atoms with Crippen LogP contribution in [-0.2, 0) is 4.79 Å². The molecule has 2 heterocycles. The topological polar surface area (TPSA) is 62.5 Å². The summed E-state index contributed by atoms with van der Waals surface area (Å²) < 4.78 is 1.89. The second-order valence-electron chi connectivity index (χ2n) is 5.18. The molecule has 3 rings (SSSR count). The molecule has 1 aliphatic heterocycles. The number of likely N-dealkylation sites (tertiary alicyclic amines) is 1. The van der Waals surface area contributed by atoms with Crippen LogP contribution in [0.4, 0.5) is 0 Å². The van der Waals surface area contributed by atoms with Crippen LogP contribution < -0.4 is 0 Å². The number of rotatable bonds is 3. The lowest BCUT2D eigenvalue weighted by molar-refractivity contribution is -0.141. The Morgan fingerprint density at radius 2 is 2.05 bits per heavy atom. The third kappa shape index (κ3) is 2.23. The summed E-state index contributed by atoms with van der Waals surface area (Å²) in [6.45, 7) is 0.503. The second kappa shape index (κ2) is 4.56. The summed E-state index contributed by atoms with van der Waals surface area (Å²) in [4.78, 5) is 25.1. The molecule has 1 aromatic heterocycles. The maximum absolute atomic E-state index is 12.5. The lowest BCUT2D eigenvalue weighted by atomic mass is 10.2. The number of halogens is 1. The SMILES string of the molecule is O=C(O)[C@H]1CCCN1C(=O)c1cc(Cl)cn1C1CC1. The Morgan fingerprint density at radius 1 is 1.32 bits per heavy atom. The summed E-state index contributed by atoms with van der Waals surface area (Å²) in [6, 6.07) is 1.28. The fourth-order valence-corrected chi connectivity index (χ4v) is 2.89. The van der Waals surface area contributed by atoms with Crippen LogP contribution in [-0.4, -0.2) is 39.0 Å². The Labute approximate surface area is 115 Å². The smallest absolute Gasteiger partial charge is 0.326 e. The lowest BCUT2D eigenvalue weighted by Gasteiger charge is -2.22. The highest BCUT2D eigenvalue weighted by Gasteiger charge is 2.37. The van der Waals surface area contributed by atoms with Crippen molar-refractivity contribution in [3.8, 4) is 0 Å². The monoisotopic (exact) mass is 282 g/mol. The molecule has 1 amide bonds. The van der Waals surface area contributed by atoms with Gasteiger partial charge in [0.2, 0.25) is 0 Å². The van der Waals surface area contributed by atoms with Crippen LogP contribution in [0.2, 0.25) is 5.02 Å². The number of aromatic nitrogens is 1. The molecule has 0 unspecified atom stereocenters.